The van der Waals surface area contributed by atoms with Crippen LogP contribution in [0.5, 0.6) is 0 Å². The molecule has 0 spiro atoms. The molecule has 2 aliphatic rings. The van der Waals surface area contributed by atoms with Gasteiger partial charge < -0.3 is 26.2 Å². The number of benzene rings is 1. The third-order valence-corrected chi connectivity index (χ3v) is 11.3. The Kier molecular flexibility index (Phi) is 12.0. The zero-order valence-corrected chi connectivity index (χ0v) is 27.8. The van der Waals surface area contributed by atoms with Gasteiger partial charge in [-0.15, -0.1) is 0 Å². The lowest BCUT2D eigenvalue weighted by atomic mass is 9.72. The number of hydrogen-bond acceptors (Lipinski definition) is 8. The molecule has 11 nitrogen and oxygen atoms in total. The highest BCUT2D eigenvalue weighted by atomic mass is 32.2. The lowest BCUT2D eigenvalue weighted by molar-refractivity contribution is -0.134. The van der Waals surface area contributed by atoms with Crippen LogP contribution in [0.3, 0.4) is 0 Å². The van der Waals surface area contributed by atoms with Gasteiger partial charge in [-0.1, -0.05) is 49.6 Å². The zero-order valence-electron chi connectivity index (χ0n) is 27.0. The number of nitrogens with zero attached hydrogens (tertiary/aromatic N) is 1. The Hall–Kier alpha value is -2.54. The van der Waals surface area contributed by atoms with E-state index in [-0.39, 0.29) is 18.9 Å². The first-order valence-corrected chi connectivity index (χ1v) is 17.5. The van der Waals surface area contributed by atoms with Crippen molar-refractivity contribution in [2.24, 2.45) is 11.8 Å². The van der Waals surface area contributed by atoms with Gasteiger partial charge in [-0.2, -0.15) is 0 Å². The minimum atomic E-state index is -3.85. The molecular weight excluding hydrogens is 584 g/mol. The van der Waals surface area contributed by atoms with Gasteiger partial charge in [0.25, 0.3) is 0 Å². The Balaban J connectivity index is 1.91. The van der Waals surface area contributed by atoms with Crippen LogP contribution < -0.4 is 16.0 Å². The van der Waals surface area contributed by atoms with Gasteiger partial charge in [0.2, 0.25) is 17.7 Å². The van der Waals surface area contributed by atoms with Gasteiger partial charge >= 0.3 is 0 Å². The second-order valence-electron chi connectivity index (χ2n) is 14.2. The minimum absolute atomic E-state index is 0.0842. The van der Waals surface area contributed by atoms with E-state index in [0.717, 1.165) is 37.5 Å². The molecule has 6 atom stereocenters. The number of aliphatic hydroxyl groups is 2. The Bertz CT molecular complexity index is 1250. The van der Waals surface area contributed by atoms with Gasteiger partial charge in [0.15, 0.2) is 9.84 Å². The van der Waals surface area contributed by atoms with Crippen LogP contribution in [0.25, 0.3) is 0 Å². The van der Waals surface area contributed by atoms with Crippen molar-refractivity contribution >= 4 is 27.6 Å². The molecule has 3 amide bonds. The van der Waals surface area contributed by atoms with Gasteiger partial charge in [-0.05, 0) is 71.3 Å². The number of carbonyl (C=O) groups is 3. The smallest absolute Gasteiger partial charge is 0.246 e. The van der Waals surface area contributed by atoms with Gasteiger partial charge in [0, 0.05) is 24.9 Å². The molecule has 0 aromatic heterocycles. The van der Waals surface area contributed by atoms with E-state index < -0.39 is 62.8 Å². The summed E-state index contributed by atoms with van der Waals surface area (Å²) in [6.45, 7) is 8.33. The van der Waals surface area contributed by atoms with Crippen LogP contribution in [-0.2, 0) is 30.6 Å². The molecule has 12 heteroatoms. The van der Waals surface area contributed by atoms with E-state index in [4.69, 9.17) is 0 Å². The number of carbonyl (C=O) groups excluding carboxylic acids is 3. The average molecular weight is 637 g/mol. The first kappa shape index (κ1) is 35.9. The van der Waals surface area contributed by atoms with E-state index in [1.165, 1.54) is 13.8 Å². The van der Waals surface area contributed by atoms with Gasteiger partial charge in [-0.3, -0.25) is 19.3 Å². The van der Waals surface area contributed by atoms with Gasteiger partial charge in [0.05, 0.1) is 22.9 Å². The summed E-state index contributed by atoms with van der Waals surface area (Å²) in [7, 11) is -3.85. The highest BCUT2D eigenvalue weighted by Gasteiger charge is 2.46. The molecule has 0 unspecified atom stereocenters. The Morgan fingerprint density at radius 1 is 1.00 bits per heavy atom. The van der Waals surface area contributed by atoms with Crippen molar-refractivity contribution in [3.8, 4) is 0 Å². The zero-order chi connectivity index (χ0) is 32.9. The first-order valence-electron chi connectivity index (χ1n) is 15.6. The van der Waals surface area contributed by atoms with Crippen molar-refractivity contribution in [2.75, 3.05) is 26.0 Å². The Labute approximate surface area is 262 Å². The summed E-state index contributed by atoms with van der Waals surface area (Å²) in [5, 5.41) is 29.4. The molecule has 1 aromatic rings. The van der Waals surface area contributed by atoms with Crippen LogP contribution >= 0.6 is 0 Å². The molecule has 3 rings (SSSR count). The van der Waals surface area contributed by atoms with Crippen molar-refractivity contribution in [1.82, 2.24) is 20.9 Å². The van der Waals surface area contributed by atoms with Gasteiger partial charge in [-0.25, -0.2) is 8.42 Å². The standard InChI is InChI=1S/C32H52N4O7S/c1-31(2,3)35-29(40)25-17-22-14-10-11-15-23(22)18-36(25)19-26(38)24(16-21-12-8-7-9-13-21)33-30(41)28(34-27(39)20-37)32(4,5)44(6,42)43/h7-9,12-13,22-26,28,37-38H,10-11,14-20H2,1-6H3,(H,33,41)(H,34,39)(H,35,40)/t22-,23+,24-,25-,26+,28+/m0/s1. The lowest BCUT2D eigenvalue weighted by Gasteiger charge is -2.47. The van der Waals surface area contributed by atoms with Crippen LogP contribution in [0.1, 0.15) is 72.3 Å². The molecule has 0 radical (unpaired) electrons. The van der Waals surface area contributed by atoms with Crippen LogP contribution in [-0.4, -0.2) is 102 Å². The maximum Gasteiger partial charge on any atom is 0.246 e. The summed E-state index contributed by atoms with van der Waals surface area (Å²) in [4.78, 5) is 41.5. The number of β-amino-alcohol motifs (C(OH)–C–C–N with tert-alkyl or cyclic N) is 1. The van der Waals surface area contributed by atoms with Crippen molar-refractivity contribution in [3.63, 3.8) is 0 Å². The molecule has 44 heavy (non-hydrogen) atoms. The van der Waals surface area contributed by atoms with Crippen molar-refractivity contribution in [3.05, 3.63) is 35.9 Å². The molecule has 1 aliphatic heterocycles. The van der Waals surface area contributed by atoms with Crippen molar-refractivity contribution in [2.45, 2.75) is 108 Å². The molecule has 1 aliphatic carbocycles. The van der Waals surface area contributed by atoms with Crippen LogP contribution in [0.4, 0.5) is 0 Å². The lowest BCUT2D eigenvalue weighted by Crippen LogP contribution is -2.64. The quantitative estimate of drug-likeness (QED) is 0.228. The predicted octanol–water partition coefficient (Wildman–Crippen LogP) is 1.17. The number of nitrogens with one attached hydrogen (secondary N) is 3. The SMILES string of the molecule is CC(C)(C)NC(=O)[C@@H]1C[C@@H]2CCCC[C@@H]2CN1C[C@@H](O)[C@H](Cc1ccccc1)NC(=O)[C@@H](NC(=O)CO)C(C)(C)S(C)(=O)=O. The Morgan fingerprint density at radius 3 is 2.18 bits per heavy atom. The molecule has 2 fully saturated rings. The number of sulfone groups is 1. The summed E-state index contributed by atoms with van der Waals surface area (Å²) >= 11 is 0. The number of piperidine rings is 1. The second-order valence-corrected chi connectivity index (χ2v) is 16.8. The second kappa shape index (κ2) is 14.7. The van der Waals surface area contributed by atoms with E-state index in [1.54, 1.807) is 0 Å². The maximum absolute atomic E-state index is 13.7. The van der Waals surface area contributed by atoms with E-state index in [9.17, 15) is 33.0 Å². The third-order valence-electron chi connectivity index (χ3n) is 9.18. The van der Waals surface area contributed by atoms with Crippen LogP contribution in [0, 0.1) is 11.8 Å². The number of rotatable bonds is 12. The van der Waals surface area contributed by atoms with E-state index >= 15 is 0 Å². The van der Waals surface area contributed by atoms with E-state index in [2.05, 4.69) is 16.0 Å². The fourth-order valence-corrected chi connectivity index (χ4v) is 6.98. The molecule has 1 heterocycles. The van der Waals surface area contributed by atoms with Crippen LogP contribution in [0.2, 0.25) is 0 Å². The first-order chi connectivity index (χ1) is 20.4. The van der Waals surface area contributed by atoms with Crippen molar-refractivity contribution < 1.29 is 33.0 Å². The number of hydrogen-bond donors (Lipinski definition) is 5. The fourth-order valence-electron chi connectivity index (χ4n) is 6.39. The van der Waals surface area contributed by atoms with Crippen LogP contribution in [0.15, 0.2) is 30.3 Å². The Morgan fingerprint density at radius 2 is 1.61 bits per heavy atom. The summed E-state index contributed by atoms with van der Waals surface area (Å²) in [6.07, 6.45) is 5.23. The summed E-state index contributed by atoms with van der Waals surface area (Å²) in [5.74, 6) is -0.911. The monoisotopic (exact) mass is 636 g/mol. The summed E-state index contributed by atoms with van der Waals surface area (Å²) in [5.41, 5.74) is 0.415. The normalized spacial score (nSPS) is 23.5. The predicted molar refractivity (Wildman–Crippen MR) is 169 cm³/mol. The summed E-state index contributed by atoms with van der Waals surface area (Å²) < 4.78 is 23.6. The molecule has 1 saturated carbocycles. The number of aliphatic hydroxyl groups excluding tert-OH is 2. The molecule has 1 saturated heterocycles. The maximum atomic E-state index is 13.7. The molecule has 0 bridgehead atoms. The topological polar surface area (TPSA) is 165 Å². The third kappa shape index (κ3) is 9.48. The fraction of sp³-hybridized carbons (Fsp3) is 0.719. The molecule has 1 aromatic carbocycles. The number of likely N-dealkylation sites (tertiary alicyclic amines) is 1. The van der Waals surface area contributed by atoms with E-state index in [1.807, 2.05) is 56.0 Å². The molecule has 5 N–H and O–H groups in total. The number of amides is 3. The number of fused-ring (bicyclic) bond motifs is 1. The molecule has 248 valence electrons. The average Bonchev–Trinajstić information content (AvgIpc) is 2.93. The highest BCUT2D eigenvalue weighted by Crippen LogP contribution is 2.39. The van der Waals surface area contributed by atoms with E-state index in [0.29, 0.717) is 24.8 Å². The molecular formula is C32H52N4O7S. The van der Waals surface area contributed by atoms with Crippen molar-refractivity contribution in [1.29, 1.82) is 0 Å². The summed E-state index contributed by atoms with van der Waals surface area (Å²) in [6, 6.07) is 6.44. The highest BCUT2D eigenvalue weighted by molar-refractivity contribution is 7.92. The minimum Gasteiger partial charge on any atom is -0.390 e. The van der Waals surface area contributed by atoms with Gasteiger partial charge in [0.1, 0.15) is 12.6 Å². The largest absolute Gasteiger partial charge is 0.390 e.